The number of hydrogen-bond donors (Lipinski definition) is 1. The molecule has 4 saturated carbocycles. The zero-order valence-electron chi connectivity index (χ0n) is 17.9. The van der Waals surface area contributed by atoms with Crippen LogP contribution in [0, 0.1) is 23.2 Å². The first-order valence-electron chi connectivity index (χ1n) is 11.6. The second-order valence-corrected chi connectivity index (χ2v) is 11.0. The van der Waals surface area contributed by atoms with E-state index in [1.807, 2.05) is 12.1 Å². The fourth-order valence-electron chi connectivity index (χ4n) is 7.28. The highest BCUT2D eigenvalue weighted by molar-refractivity contribution is 9.10. The number of fused-ring (bicyclic) bond motifs is 1. The highest BCUT2D eigenvalue weighted by atomic mass is 79.9. The minimum absolute atomic E-state index is 0.0451. The molecule has 7 rings (SSSR count). The van der Waals surface area contributed by atoms with Crippen molar-refractivity contribution in [3.05, 3.63) is 22.7 Å². The highest BCUT2D eigenvalue weighted by Crippen LogP contribution is 2.60. The molecule has 5 fully saturated rings. The molecule has 1 aromatic heterocycles. The summed E-state index contributed by atoms with van der Waals surface area (Å²) in [6, 6.07) is 5.39. The zero-order chi connectivity index (χ0) is 22.0. The average molecular weight is 503 g/mol. The Hall–Kier alpha value is -2.22. The van der Waals surface area contributed by atoms with E-state index >= 15 is 0 Å². The van der Waals surface area contributed by atoms with Crippen LogP contribution in [0.2, 0.25) is 0 Å². The van der Waals surface area contributed by atoms with E-state index < -0.39 is 6.16 Å². The van der Waals surface area contributed by atoms with Gasteiger partial charge in [0.1, 0.15) is 5.58 Å². The number of benzene rings is 1. The molecule has 0 unspecified atom stereocenters. The molecular formula is C24H27BrN2O5. The number of ether oxygens (including phenoxy) is 1. The second kappa shape index (κ2) is 7.40. The van der Waals surface area contributed by atoms with Gasteiger partial charge in [-0.1, -0.05) is 0 Å². The van der Waals surface area contributed by atoms with Crippen LogP contribution < -0.4 is 9.64 Å². The number of hydrogen-bond acceptors (Lipinski definition) is 5. The summed E-state index contributed by atoms with van der Waals surface area (Å²) in [6.45, 7) is 3.03. The van der Waals surface area contributed by atoms with Gasteiger partial charge in [-0.05, 0) is 84.3 Å². The topological polar surface area (TPSA) is 83.2 Å². The predicted molar refractivity (Wildman–Crippen MR) is 122 cm³/mol. The molecule has 1 amide bonds. The number of anilines is 1. The van der Waals surface area contributed by atoms with Gasteiger partial charge in [0.15, 0.2) is 0 Å². The number of furan rings is 1. The van der Waals surface area contributed by atoms with Crippen LogP contribution in [0.3, 0.4) is 0 Å². The largest absolute Gasteiger partial charge is 0.513 e. The Labute approximate surface area is 194 Å². The van der Waals surface area contributed by atoms with Crippen molar-refractivity contribution in [3.63, 3.8) is 0 Å². The van der Waals surface area contributed by atoms with Crippen LogP contribution in [0.25, 0.3) is 11.0 Å². The first-order valence-corrected chi connectivity index (χ1v) is 12.4. The number of amides is 1. The van der Waals surface area contributed by atoms with Crippen molar-refractivity contribution >= 4 is 44.6 Å². The van der Waals surface area contributed by atoms with Gasteiger partial charge in [0, 0.05) is 37.6 Å². The Morgan fingerprint density at radius 3 is 2.25 bits per heavy atom. The van der Waals surface area contributed by atoms with E-state index in [-0.39, 0.29) is 11.4 Å². The number of piperazine rings is 1. The second-order valence-electron chi connectivity index (χ2n) is 10.2. The minimum atomic E-state index is -1.40. The summed E-state index contributed by atoms with van der Waals surface area (Å²) >= 11 is 3.66. The van der Waals surface area contributed by atoms with Gasteiger partial charge in [-0.15, -0.1) is 0 Å². The van der Waals surface area contributed by atoms with E-state index in [9.17, 15) is 9.59 Å². The molecule has 4 bridgehead atoms. The van der Waals surface area contributed by atoms with Crippen LogP contribution >= 0.6 is 15.9 Å². The number of carbonyl (C=O) groups is 2. The van der Waals surface area contributed by atoms with E-state index in [2.05, 4.69) is 30.5 Å². The maximum atomic E-state index is 13.7. The van der Waals surface area contributed by atoms with Crippen LogP contribution in [0.5, 0.6) is 5.95 Å². The van der Waals surface area contributed by atoms with E-state index in [0.29, 0.717) is 11.5 Å². The molecule has 1 saturated heterocycles. The van der Waals surface area contributed by atoms with Crippen LogP contribution in [0.1, 0.15) is 38.5 Å². The monoisotopic (exact) mass is 502 g/mol. The highest BCUT2D eigenvalue weighted by Gasteiger charge is 2.55. The molecule has 1 N–H and O–H groups in total. The van der Waals surface area contributed by atoms with Gasteiger partial charge in [0.2, 0.25) is 5.91 Å². The third kappa shape index (κ3) is 3.29. The molecule has 32 heavy (non-hydrogen) atoms. The molecule has 2 heterocycles. The van der Waals surface area contributed by atoms with E-state index in [0.717, 1.165) is 78.7 Å². The summed E-state index contributed by atoms with van der Waals surface area (Å²) in [4.78, 5) is 28.8. The first kappa shape index (κ1) is 20.4. The molecular weight excluding hydrogens is 476 g/mol. The fraction of sp³-hybridized carbons (Fsp3) is 0.583. The summed E-state index contributed by atoms with van der Waals surface area (Å²) in [5, 5.41) is 9.59. The van der Waals surface area contributed by atoms with Crippen LogP contribution in [-0.4, -0.2) is 48.2 Å². The fourth-order valence-corrected chi connectivity index (χ4v) is 7.97. The van der Waals surface area contributed by atoms with Crippen LogP contribution in [-0.2, 0) is 4.79 Å². The summed E-state index contributed by atoms with van der Waals surface area (Å²) < 4.78 is 11.0. The summed E-state index contributed by atoms with van der Waals surface area (Å²) in [7, 11) is 0. The molecule has 8 heteroatoms. The maximum Gasteiger partial charge on any atom is 0.513 e. The lowest BCUT2D eigenvalue weighted by Gasteiger charge is -2.57. The maximum absolute atomic E-state index is 13.7. The summed E-state index contributed by atoms with van der Waals surface area (Å²) in [5.74, 6) is 2.70. The van der Waals surface area contributed by atoms with E-state index in [4.69, 9.17) is 9.52 Å². The van der Waals surface area contributed by atoms with Crippen LogP contribution in [0.15, 0.2) is 27.1 Å². The summed E-state index contributed by atoms with van der Waals surface area (Å²) in [5.41, 5.74) is 1.50. The Bertz CT molecular complexity index is 1050. The number of carboxylic acid groups (broad SMARTS) is 1. The number of carbonyl (C=O) groups excluding carboxylic acids is 1. The smallest absolute Gasteiger partial charge is 0.449 e. The average Bonchev–Trinajstić information content (AvgIpc) is 3.15. The zero-order valence-corrected chi connectivity index (χ0v) is 19.5. The van der Waals surface area contributed by atoms with Gasteiger partial charge >= 0.3 is 6.16 Å². The molecule has 0 spiro atoms. The SMILES string of the molecule is O=C(O)Oc1cc2c(Br)c(N3CCN(C(=O)C45CC6CC(CC(C6)C4)C5)CC3)ccc2o1. The molecule has 2 aromatic rings. The van der Waals surface area contributed by atoms with Gasteiger partial charge in [-0.3, -0.25) is 4.79 Å². The Morgan fingerprint density at radius 2 is 1.66 bits per heavy atom. The van der Waals surface area contributed by atoms with Gasteiger partial charge in [-0.25, -0.2) is 4.79 Å². The molecule has 1 aliphatic heterocycles. The lowest BCUT2D eigenvalue weighted by Crippen LogP contribution is -2.58. The van der Waals surface area contributed by atoms with Gasteiger partial charge < -0.3 is 24.1 Å². The van der Waals surface area contributed by atoms with Gasteiger partial charge in [0.25, 0.3) is 5.95 Å². The Morgan fingerprint density at radius 1 is 1.03 bits per heavy atom. The molecule has 7 nitrogen and oxygen atoms in total. The Kier molecular flexibility index (Phi) is 4.72. The normalized spacial score (nSPS) is 31.3. The van der Waals surface area contributed by atoms with Crippen molar-refractivity contribution in [3.8, 4) is 5.95 Å². The lowest BCUT2D eigenvalue weighted by atomic mass is 9.49. The first-order chi connectivity index (χ1) is 15.4. The van der Waals surface area contributed by atoms with Gasteiger partial charge in [-0.2, -0.15) is 0 Å². The van der Waals surface area contributed by atoms with E-state index in [1.165, 1.54) is 19.3 Å². The van der Waals surface area contributed by atoms with Crippen molar-refractivity contribution in [1.29, 1.82) is 0 Å². The third-order valence-corrected chi connectivity index (χ3v) is 9.01. The van der Waals surface area contributed by atoms with Crippen molar-refractivity contribution in [2.45, 2.75) is 38.5 Å². The number of rotatable bonds is 3. The molecule has 1 aromatic carbocycles. The molecule has 5 aliphatic rings. The molecule has 4 aliphatic carbocycles. The standard InChI is InChI=1S/C24H27BrN2O5/c25-21-17-10-20(32-23(29)30)31-19(17)2-1-18(21)26-3-5-27(6-4-26)22(28)24-11-14-7-15(12-24)9-16(8-14)13-24/h1-2,10,14-16H,3-9,11-13H2,(H,29,30). The van der Waals surface area contributed by atoms with Crippen molar-refractivity contribution in [2.24, 2.45) is 23.2 Å². The van der Waals surface area contributed by atoms with E-state index in [1.54, 1.807) is 6.07 Å². The van der Waals surface area contributed by atoms with Gasteiger partial charge in [0.05, 0.1) is 15.6 Å². The van der Waals surface area contributed by atoms with Crippen molar-refractivity contribution in [2.75, 3.05) is 31.1 Å². The Balaban J connectivity index is 1.16. The predicted octanol–water partition coefficient (Wildman–Crippen LogP) is 5.12. The lowest BCUT2D eigenvalue weighted by molar-refractivity contribution is -0.158. The number of halogens is 1. The molecule has 170 valence electrons. The van der Waals surface area contributed by atoms with Crippen LogP contribution in [0.4, 0.5) is 10.5 Å². The van der Waals surface area contributed by atoms with Crippen molar-refractivity contribution < 1.29 is 23.8 Å². The summed E-state index contributed by atoms with van der Waals surface area (Å²) in [6.07, 6.45) is 5.99. The molecule has 0 radical (unpaired) electrons. The quantitative estimate of drug-likeness (QED) is 0.586. The van der Waals surface area contributed by atoms with Crippen molar-refractivity contribution in [1.82, 2.24) is 4.90 Å². The molecule has 0 atom stereocenters. The third-order valence-electron chi connectivity index (χ3n) is 8.18. The number of nitrogens with zero attached hydrogens (tertiary/aromatic N) is 2. The minimum Gasteiger partial charge on any atom is -0.449 e.